The van der Waals surface area contributed by atoms with Crippen molar-refractivity contribution in [2.45, 2.75) is 6.42 Å². The van der Waals surface area contributed by atoms with Crippen LogP contribution in [0.25, 0.3) is 16.4 Å². The molecule has 0 bridgehead atoms. The zero-order valence-corrected chi connectivity index (χ0v) is 11.2. The Labute approximate surface area is 118 Å². The fourth-order valence-corrected chi connectivity index (χ4v) is 2.96. The van der Waals surface area contributed by atoms with Gasteiger partial charge in [-0.05, 0) is 29.3 Å². The molecule has 2 heterocycles. The predicted molar refractivity (Wildman–Crippen MR) is 84.2 cm³/mol. The van der Waals surface area contributed by atoms with Crippen LogP contribution >= 0.6 is 0 Å². The molecular formula is C19H15N. The molecule has 0 spiro atoms. The first-order valence-corrected chi connectivity index (χ1v) is 6.94. The van der Waals surface area contributed by atoms with E-state index < -0.39 is 0 Å². The van der Waals surface area contributed by atoms with Crippen molar-refractivity contribution >= 4 is 16.4 Å². The Balaban J connectivity index is 2.00. The van der Waals surface area contributed by atoms with Crippen molar-refractivity contribution in [3.05, 3.63) is 90.1 Å². The van der Waals surface area contributed by atoms with Crippen LogP contribution in [-0.4, -0.2) is 4.40 Å². The lowest BCUT2D eigenvalue weighted by Crippen LogP contribution is -1.88. The first-order chi connectivity index (χ1) is 9.93. The quantitative estimate of drug-likeness (QED) is 0.491. The van der Waals surface area contributed by atoms with E-state index in [9.17, 15) is 0 Å². The number of pyridine rings is 1. The summed E-state index contributed by atoms with van der Waals surface area (Å²) >= 11 is 0. The summed E-state index contributed by atoms with van der Waals surface area (Å²) < 4.78 is 2.29. The van der Waals surface area contributed by atoms with E-state index in [0.29, 0.717) is 0 Å². The normalized spacial score (nSPS) is 11.2. The molecule has 0 aliphatic rings. The van der Waals surface area contributed by atoms with Crippen molar-refractivity contribution in [1.82, 2.24) is 4.40 Å². The van der Waals surface area contributed by atoms with Gasteiger partial charge in [0.15, 0.2) is 0 Å². The SMILES string of the molecule is c1ccc(Cc2c3ccccc3n3ccccc23)cc1. The first-order valence-electron chi connectivity index (χ1n) is 6.94. The summed E-state index contributed by atoms with van der Waals surface area (Å²) in [5, 5.41) is 1.35. The molecule has 1 nitrogen and oxygen atoms in total. The van der Waals surface area contributed by atoms with Crippen LogP contribution in [0.2, 0.25) is 0 Å². The summed E-state index contributed by atoms with van der Waals surface area (Å²) in [6.45, 7) is 0. The third kappa shape index (κ3) is 1.71. The largest absolute Gasteiger partial charge is 0.316 e. The molecule has 0 unspecified atom stereocenters. The van der Waals surface area contributed by atoms with Crippen molar-refractivity contribution in [3.63, 3.8) is 0 Å². The lowest BCUT2D eigenvalue weighted by Gasteiger charge is -2.01. The van der Waals surface area contributed by atoms with Gasteiger partial charge in [-0.15, -0.1) is 0 Å². The third-order valence-corrected chi connectivity index (χ3v) is 3.88. The average Bonchev–Trinajstić information content (AvgIpc) is 2.84. The predicted octanol–water partition coefficient (Wildman–Crippen LogP) is 4.68. The van der Waals surface area contributed by atoms with Gasteiger partial charge >= 0.3 is 0 Å². The van der Waals surface area contributed by atoms with Gasteiger partial charge in [-0.3, -0.25) is 0 Å². The van der Waals surface area contributed by atoms with E-state index in [0.717, 1.165) is 6.42 Å². The Morgan fingerprint density at radius 1 is 0.650 bits per heavy atom. The second-order valence-corrected chi connectivity index (χ2v) is 5.11. The molecule has 0 fully saturated rings. The van der Waals surface area contributed by atoms with E-state index in [2.05, 4.69) is 83.4 Å². The Hall–Kier alpha value is -2.54. The number of nitrogens with zero attached hydrogens (tertiary/aromatic N) is 1. The van der Waals surface area contributed by atoms with Gasteiger partial charge in [-0.2, -0.15) is 0 Å². The second kappa shape index (κ2) is 4.53. The van der Waals surface area contributed by atoms with Crippen molar-refractivity contribution in [1.29, 1.82) is 0 Å². The molecule has 0 aliphatic carbocycles. The number of hydrogen-bond donors (Lipinski definition) is 0. The zero-order valence-electron chi connectivity index (χ0n) is 11.2. The number of benzene rings is 2. The number of para-hydroxylation sites is 1. The summed E-state index contributed by atoms with van der Waals surface area (Å²) in [5.74, 6) is 0. The standard InChI is InChI=1S/C19H15N/c1-2-8-15(9-3-1)14-17-16-10-4-5-11-18(16)20-13-7-6-12-19(17)20/h1-13H,14H2. The van der Waals surface area contributed by atoms with Gasteiger partial charge < -0.3 is 4.40 Å². The molecule has 0 atom stereocenters. The van der Waals surface area contributed by atoms with E-state index in [1.807, 2.05) is 0 Å². The van der Waals surface area contributed by atoms with Crippen LogP contribution < -0.4 is 0 Å². The van der Waals surface area contributed by atoms with Crippen molar-refractivity contribution in [2.24, 2.45) is 0 Å². The lowest BCUT2D eigenvalue weighted by atomic mass is 10.0. The Kier molecular flexibility index (Phi) is 2.56. The molecule has 1 heteroatoms. The summed E-state index contributed by atoms with van der Waals surface area (Å²) in [4.78, 5) is 0. The molecule has 96 valence electrons. The van der Waals surface area contributed by atoms with Crippen LogP contribution in [0.4, 0.5) is 0 Å². The van der Waals surface area contributed by atoms with Crippen LogP contribution in [0.3, 0.4) is 0 Å². The molecule has 0 saturated carbocycles. The molecule has 0 saturated heterocycles. The molecule has 0 N–H and O–H groups in total. The lowest BCUT2D eigenvalue weighted by molar-refractivity contribution is 1.20. The molecule has 0 aliphatic heterocycles. The summed E-state index contributed by atoms with van der Waals surface area (Å²) in [7, 11) is 0. The van der Waals surface area contributed by atoms with Crippen molar-refractivity contribution in [2.75, 3.05) is 0 Å². The molecule has 4 aromatic rings. The van der Waals surface area contributed by atoms with Gasteiger partial charge in [0.25, 0.3) is 0 Å². The Morgan fingerprint density at radius 2 is 1.35 bits per heavy atom. The zero-order chi connectivity index (χ0) is 13.4. The number of aromatic nitrogens is 1. The summed E-state index contributed by atoms with van der Waals surface area (Å²) in [6.07, 6.45) is 3.12. The number of rotatable bonds is 2. The fraction of sp³-hybridized carbons (Fsp3) is 0.0526. The van der Waals surface area contributed by atoms with Gasteiger partial charge in [-0.25, -0.2) is 0 Å². The number of fused-ring (bicyclic) bond motifs is 3. The van der Waals surface area contributed by atoms with Crippen LogP contribution in [0, 0.1) is 0 Å². The minimum absolute atomic E-state index is 0.974. The van der Waals surface area contributed by atoms with Crippen LogP contribution in [0.5, 0.6) is 0 Å². The fourth-order valence-electron chi connectivity index (χ4n) is 2.96. The van der Waals surface area contributed by atoms with Gasteiger partial charge in [0, 0.05) is 23.5 Å². The summed E-state index contributed by atoms with van der Waals surface area (Å²) in [6, 6.07) is 25.7. The molecule has 2 aromatic heterocycles. The van der Waals surface area contributed by atoms with E-state index in [-0.39, 0.29) is 0 Å². The maximum Gasteiger partial charge on any atom is 0.0531 e. The monoisotopic (exact) mass is 257 g/mol. The third-order valence-electron chi connectivity index (χ3n) is 3.88. The Morgan fingerprint density at radius 3 is 2.25 bits per heavy atom. The first kappa shape index (κ1) is 11.3. The highest BCUT2D eigenvalue weighted by Crippen LogP contribution is 2.28. The topological polar surface area (TPSA) is 4.41 Å². The van der Waals surface area contributed by atoms with Crippen LogP contribution in [0.1, 0.15) is 11.1 Å². The molecular weight excluding hydrogens is 242 g/mol. The molecule has 0 radical (unpaired) electrons. The maximum atomic E-state index is 2.29. The highest BCUT2D eigenvalue weighted by atomic mass is 14.9. The minimum Gasteiger partial charge on any atom is -0.316 e. The van der Waals surface area contributed by atoms with Gasteiger partial charge in [-0.1, -0.05) is 54.6 Å². The van der Waals surface area contributed by atoms with Crippen molar-refractivity contribution < 1.29 is 0 Å². The maximum absolute atomic E-state index is 2.29. The summed E-state index contributed by atoms with van der Waals surface area (Å²) in [5.41, 5.74) is 5.36. The highest BCUT2D eigenvalue weighted by Gasteiger charge is 2.10. The molecule has 2 aromatic carbocycles. The minimum atomic E-state index is 0.974. The Bertz CT molecular complexity index is 819. The van der Waals surface area contributed by atoms with E-state index in [1.54, 1.807) is 0 Å². The highest BCUT2D eigenvalue weighted by molar-refractivity contribution is 5.92. The van der Waals surface area contributed by atoms with Crippen LogP contribution in [0.15, 0.2) is 79.0 Å². The van der Waals surface area contributed by atoms with Gasteiger partial charge in [0.1, 0.15) is 0 Å². The van der Waals surface area contributed by atoms with E-state index in [4.69, 9.17) is 0 Å². The smallest absolute Gasteiger partial charge is 0.0531 e. The van der Waals surface area contributed by atoms with Crippen LogP contribution in [-0.2, 0) is 6.42 Å². The molecule has 20 heavy (non-hydrogen) atoms. The average molecular weight is 257 g/mol. The second-order valence-electron chi connectivity index (χ2n) is 5.11. The molecule has 4 rings (SSSR count). The number of hydrogen-bond acceptors (Lipinski definition) is 0. The van der Waals surface area contributed by atoms with E-state index in [1.165, 1.54) is 27.5 Å². The van der Waals surface area contributed by atoms with Gasteiger partial charge in [0.05, 0.1) is 5.52 Å². The van der Waals surface area contributed by atoms with E-state index >= 15 is 0 Å². The van der Waals surface area contributed by atoms with Gasteiger partial charge in [0.2, 0.25) is 0 Å². The van der Waals surface area contributed by atoms with Crippen molar-refractivity contribution in [3.8, 4) is 0 Å². The molecule has 0 amide bonds.